The second-order valence-corrected chi connectivity index (χ2v) is 4.02. The number of rotatable bonds is 4. The van der Waals surface area contributed by atoms with Gasteiger partial charge in [-0.15, -0.1) is 0 Å². The number of aromatic nitrogens is 2. The van der Waals surface area contributed by atoms with Crippen molar-refractivity contribution in [3.63, 3.8) is 0 Å². The number of nitro benzene ring substituents is 1. The van der Waals surface area contributed by atoms with Crippen LogP contribution < -0.4 is 0 Å². The lowest BCUT2D eigenvalue weighted by Gasteiger charge is -2.05. The summed E-state index contributed by atoms with van der Waals surface area (Å²) < 4.78 is 1.85. The van der Waals surface area contributed by atoms with Crippen LogP contribution in [0.5, 0.6) is 0 Å². The Bertz CT molecular complexity index is 558. The molecule has 0 aliphatic heterocycles. The van der Waals surface area contributed by atoms with Gasteiger partial charge in [0, 0.05) is 17.8 Å². The van der Waals surface area contributed by atoms with E-state index < -0.39 is 4.92 Å². The van der Waals surface area contributed by atoms with Gasteiger partial charge in [0.2, 0.25) is 0 Å². The molecule has 0 saturated carbocycles. The third-order valence-electron chi connectivity index (χ3n) is 2.86. The number of hydrogen-bond acceptors (Lipinski definition) is 3. The Morgan fingerprint density at radius 3 is 2.39 bits per heavy atom. The molecule has 18 heavy (non-hydrogen) atoms. The molecule has 0 spiro atoms. The summed E-state index contributed by atoms with van der Waals surface area (Å²) >= 11 is 0. The lowest BCUT2D eigenvalue weighted by Crippen LogP contribution is -2.01. The summed E-state index contributed by atoms with van der Waals surface area (Å²) in [5, 5.41) is 15.1. The van der Waals surface area contributed by atoms with E-state index >= 15 is 0 Å². The lowest BCUT2D eigenvalue weighted by atomic mass is 10.2. The minimum atomic E-state index is -0.398. The Kier molecular flexibility index (Phi) is 3.41. The van der Waals surface area contributed by atoms with E-state index in [1.54, 1.807) is 12.1 Å². The van der Waals surface area contributed by atoms with Crippen LogP contribution in [0.1, 0.15) is 25.2 Å². The SMILES string of the molecule is CCc1cc(CC)n(-c2ccc([N+](=O)[O-])cc2)n1. The van der Waals surface area contributed by atoms with Gasteiger partial charge in [-0.2, -0.15) is 5.10 Å². The molecule has 0 fully saturated rings. The summed E-state index contributed by atoms with van der Waals surface area (Å²) in [5.41, 5.74) is 3.10. The van der Waals surface area contributed by atoms with Crippen LogP contribution in [0.25, 0.3) is 5.69 Å². The maximum atomic E-state index is 10.6. The zero-order valence-electron chi connectivity index (χ0n) is 10.5. The molecule has 2 aromatic rings. The van der Waals surface area contributed by atoms with Crippen molar-refractivity contribution in [1.29, 1.82) is 0 Å². The first kappa shape index (κ1) is 12.3. The van der Waals surface area contributed by atoms with Crippen molar-refractivity contribution in [3.8, 4) is 5.69 Å². The third kappa shape index (κ3) is 2.25. The van der Waals surface area contributed by atoms with Crippen LogP contribution in [0.2, 0.25) is 0 Å². The van der Waals surface area contributed by atoms with E-state index in [2.05, 4.69) is 25.0 Å². The van der Waals surface area contributed by atoms with Crippen LogP contribution in [-0.4, -0.2) is 14.7 Å². The largest absolute Gasteiger partial charge is 0.269 e. The number of nitrogens with zero attached hydrogens (tertiary/aromatic N) is 3. The standard InChI is InChI=1S/C13H15N3O2/c1-3-10-9-11(4-2)15(14-10)12-5-7-13(8-6-12)16(17)18/h5-9H,3-4H2,1-2H3. The van der Waals surface area contributed by atoms with Crippen molar-refractivity contribution in [2.45, 2.75) is 26.7 Å². The van der Waals surface area contributed by atoms with Crippen LogP contribution >= 0.6 is 0 Å². The Labute approximate surface area is 105 Å². The van der Waals surface area contributed by atoms with Crippen molar-refractivity contribution in [1.82, 2.24) is 9.78 Å². The second-order valence-electron chi connectivity index (χ2n) is 4.02. The van der Waals surface area contributed by atoms with Crippen molar-refractivity contribution in [2.24, 2.45) is 0 Å². The van der Waals surface area contributed by atoms with Gasteiger partial charge in [-0.3, -0.25) is 10.1 Å². The van der Waals surface area contributed by atoms with Gasteiger partial charge in [0.25, 0.3) is 5.69 Å². The van der Waals surface area contributed by atoms with Gasteiger partial charge in [0.15, 0.2) is 0 Å². The second kappa shape index (κ2) is 5.00. The van der Waals surface area contributed by atoms with E-state index in [-0.39, 0.29) is 5.69 Å². The molecule has 0 amide bonds. The minimum Gasteiger partial charge on any atom is -0.258 e. The maximum absolute atomic E-state index is 10.6. The first-order chi connectivity index (χ1) is 8.65. The van der Waals surface area contributed by atoms with E-state index in [4.69, 9.17) is 0 Å². The summed E-state index contributed by atoms with van der Waals surface area (Å²) in [6, 6.07) is 8.53. The Morgan fingerprint density at radius 1 is 1.22 bits per heavy atom. The van der Waals surface area contributed by atoms with Crippen molar-refractivity contribution in [2.75, 3.05) is 0 Å². The van der Waals surface area contributed by atoms with Crippen molar-refractivity contribution in [3.05, 3.63) is 51.8 Å². The van der Waals surface area contributed by atoms with Crippen molar-refractivity contribution < 1.29 is 4.92 Å². The van der Waals surface area contributed by atoms with Crippen LogP contribution in [-0.2, 0) is 12.8 Å². The summed E-state index contributed by atoms with van der Waals surface area (Å²) in [5.74, 6) is 0. The first-order valence-electron chi connectivity index (χ1n) is 5.98. The Balaban J connectivity index is 2.41. The molecule has 0 aliphatic carbocycles. The van der Waals surface area contributed by atoms with E-state index in [1.165, 1.54) is 12.1 Å². The smallest absolute Gasteiger partial charge is 0.258 e. The van der Waals surface area contributed by atoms with Gasteiger partial charge in [-0.25, -0.2) is 4.68 Å². The molecule has 0 bridgehead atoms. The normalized spacial score (nSPS) is 10.6. The van der Waals surface area contributed by atoms with E-state index in [1.807, 2.05) is 4.68 Å². The molecule has 0 N–H and O–H groups in total. The van der Waals surface area contributed by atoms with Crippen LogP contribution in [0.3, 0.4) is 0 Å². The highest BCUT2D eigenvalue weighted by atomic mass is 16.6. The number of nitro groups is 1. The molecule has 1 aromatic heterocycles. The highest BCUT2D eigenvalue weighted by molar-refractivity contribution is 5.41. The molecular formula is C13H15N3O2. The molecule has 1 heterocycles. The van der Waals surface area contributed by atoms with Crippen LogP contribution in [0.15, 0.2) is 30.3 Å². The quantitative estimate of drug-likeness (QED) is 0.614. The molecule has 0 atom stereocenters. The highest BCUT2D eigenvalue weighted by Crippen LogP contribution is 2.17. The first-order valence-corrected chi connectivity index (χ1v) is 5.98. The Hall–Kier alpha value is -2.17. The molecule has 1 aromatic carbocycles. The fraction of sp³-hybridized carbons (Fsp3) is 0.308. The summed E-state index contributed by atoms with van der Waals surface area (Å²) in [4.78, 5) is 10.2. The molecule has 0 radical (unpaired) electrons. The van der Waals surface area contributed by atoms with E-state index in [9.17, 15) is 10.1 Å². The van der Waals surface area contributed by atoms with Crippen molar-refractivity contribution >= 4 is 5.69 Å². The number of aryl methyl sites for hydroxylation is 2. The molecule has 94 valence electrons. The molecule has 0 aliphatic rings. The van der Waals surface area contributed by atoms with Gasteiger partial charge < -0.3 is 0 Å². The third-order valence-corrected chi connectivity index (χ3v) is 2.86. The molecule has 0 unspecified atom stereocenters. The van der Waals surface area contributed by atoms with E-state index in [0.717, 1.165) is 29.9 Å². The number of hydrogen-bond donors (Lipinski definition) is 0. The monoisotopic (exact) mass is 245 g/mol. The van der Waals surface area contributed by atoms with Crippen LogP contribution in [0.4, 0.5) is 5.69 Å². The maximum Gasteiger partial charge on any atom is 0.269 e. The summed E-state index contributed by atoms with van der Waals surface area (Å²) in [6.07, 6.45) is 1.76. The average Bonchev–Trinajstić information content (AvgIpc) is 2.82. The fourth-order valence-corrected chi connectivity index (χ4v) is 1.84. The average molecular weight is 245 g/mol. The number of non-ortho nitro benzene ring substituents is 1. The summed E-state index contributed by atoms with van der Waals surface area (Å²) in [6.45, 7) is 4.13. The van der Waals surface area contributed by atoms with Gasteiger partial charge >= 0.3 is 0 Å². The van der Waals surface area contributed by atoms with Gasteiger partial charge in [0.1, 0.15) is 0 Å². The van der Waals surface area contributed by atoms with Crippen LogP contribution in [0, 0.1) is 10.1 Å². The predicted molar refractivity (Wildman–Crippen MR) is 69.0 cm³/mol. The zero-order chi connectivity index (χ0) is 13.1. The Morgan fingerprint density at radius 2 is 1.89 bits per heavy atom. The minimum absolute atomic E-state index is 0.0969. The number of benzene rings is 1. The van der Waals surface area contributed by atoms with Gasteiger partial charge in [0.05, 0.1) is 16.3 Å². The molecule has 2 rings (SSSR count). The topological polar surface area (TPSA) is 61.0 Å². The zero-order valence-corrected chi connectivity index (χ0v) is 10.5. The molecular weight excluding hydrogens is 230 g/mol. The predicted octanol–water partition coefficient (Wildman–Crippen LogP) is 2.91. The molecule has 0 saturated heterocycles. The van der Waals surface area contributed by atoms with Gasteiger partial charge in [-0.05, 0) is 31.0 Å². The lowest BCUT2D eigenvalue weighted by molar-refractivity contribution is -0.384. The van der Waals surface area contributed by atoms with E-state index in [0.29, 0.717) is 0 Å². The molecule has 5 nitrogen and oxygen atoms in total. The molecule has 5 heteroatoms. The summed E-state index contributed by atoms with van der Waals surface area (Å²) in [7, 11) is 0. The van der Waals surface area contributed by atoms with Gasteiger partial charge in [-0.1, -0.05) is 13.8 Å². The highest BCUT2D eigenvalue weighted by Gasteiger charge is 2.09. The fourth-order valence-electron chi connectivity index (χ4n) is 1.84.